The minimum atomic E-state index is -0.149. The largest absolute Gasteiger partial charge is 0.338 e. The van der Waals surface area contributed by atoms with E-state index in [1.807, 2.05) is 31.3 Å². The summed E-state index contributed by atoms with van der Waals surface area (Å²) >= 11 is 5.97. The van der Waals surface area contributed by atoms with Crippen LogP contribution in [0.1, 0.15) is 36.7 Å². The second-order valence-electron chi connectivity index (χ2n) is 6.17. The van der Waals surface area contributed by atoms with Crippen LogP contribution in [0.15, 0.2) is 30.6 Å². The van der Waals surface area contributed by atoms with Crippen LogP contribution in [-0.4, -0.2) is 27.3 Å². The molecule has 1 saturated carbocycles. The van der Waals surface area contributed by atoms with Crippen LogP contribution in [-0.2, 0) is 13.5 Å². The summed E-state index contributed by atoms with van der Waals surface area (Å²) in [5, 5.41) is 10.7. The number of nitrogens with zero attached hydrogens (tertiary/aromatic N) is 3. The Bertz CT molecular complexity index is 681. The number of aryl methyl sites for hydroxylation is 1. The van der Waals surface area contributed by atoms with E-state index in [2.05, 4.69) is 20.7 Å². The van der Waals surface area contributed by atoms with Crippen molar-refractivity contribution in [1.29, 1.82) is 0 Å². The quantitative estimate of drug-likeness (QED) is 0.844. The van der Waals surface area contributed by atoms with Gasteiger partial charge in [0.05, 0.1) is 6.04 Å². The van der Waals surface area contributed by atoms with Crippen molar-refractivity contribution in [2.45, 2.75) is 31.7 Å². The standard InChI is InChI=1S/C17H22ClN5O/c1-23-15(20-11-21-23)9-10-19-17(24)22-16(12-3-2-4-12)13-5-7-14(18)8-6-13/h5-8,11-12,16H,2-4,9-10H2,1H3,(H2,19,22,24)/t16-/m0/s1. The van der Waals surface area contributed by atoms with E-state index in [4.69, 9.17) is 11.6 Å². The Labute approximate surface area is 146 Å². The number of amides is 2. The van der Waals surface area contributed by atoms with Crippen molar-refractivity contribution in [1.82, 2.24) is 25.4 Å². The van der Waals surface area contributed by atoms with Crippen LogP contribution in [0, 0.1) is 5.92 Å². The molecule has 1 aliphatic carbocycles. The molecule has 7 heteroatoms. The highest BCUT2D eigenvalue weighted by atomic mass is 35.5. The summed E-state index contributed by atoms with van der Waals surface area (Å²) < 4.78 is 1.71. The van der Waals surface area contributed by atoms with Crippen molar-refractivity contribution in [3.63, 3.8) is 0 Å². The topological polar surface area (TPSA) is 71.8 Å². The Balaban J connectivity index is 1.55. The fraction of sp³-hybridized carbons (Fsp3) is 0.471. The van der Waals surface area contributed by atoms with Crippen molar-refractivity contribution in [3.05, 3.63) is 47.0 Å². The third-order valence-corrected chi connectivity index (χ3v) is 4.83. The minimum absolute atomic E-state index is 0.0332. The Hall–Kier alpha value is -2.08. The lowest BCUT2D eigenvalue weighted by Gasteiger charge is -2.34. The number of hydrogen-bond donors (Lipinski definition) is 2. The fourth-order valence-corrected chi connectivity index (χ4v) is 3.07. The first-order chi connectivity index (χ1) is 11.6. The lowest BCUT2D eigenvalue weighted by molar-refractivity contribution is 0.208. The minimum Gasteiger partial charge on any atom is -0.338 e. The number of carbonyl (C=O) groups excluding carboxylic acids is 1. The van der Waals surface area contributed by atoms with E-state index < -0.39 is 0 Å². The Morgan fingerprint density at radius 2 is 2.12 bits per heavy atom. The lowest BCUT2D eigenvalue weighted by atomic mass is 9.77. The summed E-state index contributed by atoms with van der Waals surface area (Å²) in [4.78, 5) is 16.4. The second kappa shape index (κ2) is 7.66. The number of carbonyl (C=O) groups is 1. The van der Waals surface area contributed by atoms with Gasteiger partial charge >= 0.3 is 6.03 Å². The first kappa shape index (κ1) is 16.8. The van der Waals surface area contributed by atoms with E-state index in [1.165, 1.54) is 12.7 Å². The van der Waals surface area contributed by atoms with Gasteiger partial charge in [-0.05, 0) is 36.5 Å². The fourth-order valence-electron chi connectivity index (χ4n) is 2.94. The molecule has 1 fully saturated rings. The van der Waals surface area contributed by atoms with Gasteiger partial charge in [-0.1, -0.05) is 30.2 Å². The van der Waals surface area contributed by atoms with Crippen molar-refractivity contribution >= 4 is 17.6 Å². The molecular weight excluding hydrogens is 326 g/mol. The molecule has 2 aromatic rings. The maximum atomic E-state index is 12.3. The molecule has 1 heterocycles. The van der Waals surface area contributed by atoms with Crippen molar-refractivity contribution in [3.8, 4) is 0 Å². The molecule has 1 aromatic carbocycles. The molecule has 128 valence electrons. The molecule has 0 spiro atoms. The summed E-state index contributed by atoms with van der Waals surface area (Å²) in [6, 6.07) is 7.61. The van der Waals surface area contributed by atoms with Crippen LogP contribution in [0.2, 0.25) is 5.02 Å². The number of aromatic nitrogens is 3. The van der Waals surface area contributed by atoms with Crippen molar-refractivity contribution in [2.24, 2.45) is 13.0 Å². The van der Waals surface area contributed by atoms with Crippen LogP contribution < -0.4 is 10.6 Å². The molecule has 2 N–H and O–H groups in total. The van der Waals surface area contributed by atoms with Crippen LogP contribution >= 0.6 is 11.6 Å². The Kier molecular flexibility index (Phi) is 5.35. The van der Waals surface area contributed by atoms with Gasteiger partial charge in [0, 0.05) is 25.0 Å². The smallest absolute Gasteiger partial charge is 0.315 e. The number of hydrogen-bond acceptors (Lipinski definition) is 3. The third kappa shape index (κ3) is 4.06. The average molecular weight is 348 g/mol. The first-order valence-corrected chi connectivity index (χ1v) is 8.64. The van der Waals surface area contributed by atoms with Crippen LogP contribution in [0.25, 0.3) is 0 Å². The highest BCUT2D eigenvalue weighted by Gasteiger charge is 2.29. The zero-order valence-electron chi connectivity index (χ0n) is 13.7. The summed E-state index contributed by atoms with van der Waals surface area (Å²) in [7, 11) is 1.84. The highest BCUT2D eigenvalue weighted by Crippen LogP contribution is 2.37. The molecule has 0 aliphatic heterocycles. The Morgan fingerprint density at radius 3 is 2.71 bits per heavy atom. The third-order valence-electron chi connectivity index (χ3n) is 4.58. The van der Waals surface area contributed by atoms with Crippen LogP contribution in [0.3, 0.4) is 0 Å². The molecule has 1 aromatic heterocycles. The van der Waals surface area contributed by atoms with Gasteiger partial charge in [-0.3, -0.25) is 4.68 Å². The molecule has 1 atom stereocenters. The molecule has 0 unspecified atom stereocenters. The lowest BCUT2D eigenvalue weighted by Crippen LogP contribution is -2.42. The molecule has 0 bridgehead atoms. The van der Waals surface area contributed by atoms with Gasteiger partial charge in [-0.25, -0.2) is 9.78 Å². The zero-order chi connectivity index (χ0) is 16.9. The maximum Gasteiger partial charge on any atom is 0.315 e. The van der Waals surface area contributed by atoms with Crippen molar-refractivity contribution < 1.29 is 4.79 Å². The average Bonchev–Trinajstić information content (AvgIpc) is 2.91. The van der Waals surface area contributed by atoms with E-state index in [-0.39, 0.29) is 12.1 Å². The molecule has 0 radical (unpaired) electrons. The Morgan fingerprint density at radius 1 is 1.38 bits per heavy atom. The van der Waals surface area contributed by atoms with Gasteiger partial charge < -0.3 is 10.6 Å². The number of urea groups is 1. The van der Waals surface area contributed by atoms with E-state index >= 15 is 0 Å². The molecule has 6 nitrogen and oxygen atoms in total. The first-order valence-electron chi connectivity index (χ1n) is 8.26. The predicted molar refractivity (Wildman–Crippen MR) is 92.8 cm³/mol. The van der Waals surface area contributed by atoms with Gasteiger partial charge in [0.1, 0.15) is 12.2 Å². The molecule has 0 saturated heterocycles. The van der Waals surface area contributed by atoms with Gasteiger partial charge in [0.15, 0.2) is 0 Å². The van der Waals surface area contributed by atoms with Crippen LogP contribution in [0.4, 0.5) is 4.79 Å². The number of rotatable bonds is 6. The maximum absolute atomic E-state index is 12.3. The van der Waals surface area contributed by atoms with Crippen LogP contribution in [0.5, 0.6) is 0 Å². The number of benzene rings is 1. The summed E-state index contributed by atoms with van der Waals surface area (Å²) in [5.74, 6) is 1.35. The zero-order valence-corrected chi connectivity index (χ0v) is 14.5. The van der Waals surface area contributed by atoms with Gasteiger partial charge in [0.25, 0.3) is 0 Å². The van der Waals surface area contributed by atoms with Gasteiger partial charge in [-0.2, -0.15) is 5.10 Å². The van der Waals surface area contributed by atoms with E-state index in [1.54, 1.807) is 4.68 Å². The van der Waals surface area contributed by atoms with E-state index in [0.29, 0.717) is 23.9 Å². The SMILES string of the molecule is Cn1ncnc1CCNC(=O)N[C@H](c1ccc(Cl)cc1)C1CCC1. The van der Waals surface area contributed by atoms with Crippen molar-refractivity contribution in [2.75, 3.05) is 6.54 Å². The number of nitrogens with one attached hydrogen (secondary N) is 2. The molecule has 3 rings (SSSR count). The van der Waals surface area contributed by atoms with Gasteiger partial charge in [0.2, 0.25) is 0 Å². The molecule has 1 aliphatic rings. The summed E-state index contributed by atoms with van der Waals surface area (Å²) in [6.07, 6.45) is 5.69. The van der Waals surface area contributed by atoms with E-state index in [0.717, 1.165) is 24.2 Å². The molecule has 24 heavy (non-hydrogen) atoms. The summed E-state index contributed by atoms with van der Waals surface area (Å²) in [6.45, 7) is 0.524. The summed E-state index contributed by atoms with van der Waals surface area (Å²) in [5.41, 5.74) is 1.10. The predicted octanol–water partition coefficient (Wildman–Crippen LogP) is 2.85. The van der Waals surface area contributed by atoms with Gasteiger partial charge in [-0.15, -0.1) is 0 Å². The molecular formula is C17H22ClN5O. The monoisotopic (exact) mass is 347 g/mol. The van der Waals surface area contributed by atoms with E-state index in [9.17, 15) is 4.79 Å². The number of halogens is 1. The second-order valence-corrected chi connectivity index (χ2v) is 6.61. The highest BCUT2D eigenvalue weighted by molar-refractivity contribution is 6.30. The normalized spacial score (nSPS) is 15.6. The molecule has 2 amide bonds.